The number of esters is 1. The molecule has 0 saturated carbocycles. The van der Waals surface area contributed by atoms with Crippen molar-refractivity contribution in [2.45, 2.75) is 19.1 Å². The van der Waals surface area contributed by atoms with E-state index in [0.29, 0.717) is 0 Å². The van der Waals surface area contributed by atoms with Gasteiger partial charge >= 0.3 is 5.97 Å². The van der Waals surface area contributed by atoms with E-state index in [-0.39, 0.29) is 6.61 Å². The molecule has 9 heteroatoms. The molecule has 20 heavy (non-hydrogen) atoms. The molecule has 0 aliphatic heterocycles. The summed E-state index contributed by atoms with van der Waals surface area (Å²) in [6, 6.07) is -2.39. The number of rotatable bonds is 4. The first-order valence-electron chi connectivity index (χ1n) is 5.31. The zero-order chi connectivity index (χ0) is 15.6. The van der Waals surface area contributed by atoms with Crippen LogP contribution in [0.5, 0.6) is 0 Å². The predicted molar refractivity (Wildman–Crippen MR) is 54.7 cm³/mol. The summed E-state index contributed by atoms with van der Waals surface area (Å²) < 4.78 is 83.0. The lowest BCUT2D eigenvalue weighted by Gasteiger charge is -2.18. The molecule has 0 amide bonds. The molecule has 0 radical (unpaired) electrons. The van der Waals surface area contributed by atoms with Gasteiger partial charge in [-0.15, -0.1) is 0 Å². The van der Waals surface area contributed by atoms with Crippen molar-refractivity contribution in [3.05, 3.63) is 34.6 Å². The summed E-state index contributed by atoms with van der Waals surface area (Å²) >= 11 is 0. The summed E-state index contributed by atoms with van der Waals surface area (Å²) in [6.07, 6.45) is -2.77. The fourth-order valence-electron chi connectivity index (χ4n) is 1.43. The molecule has 0 aliphatic carbocycles. The van der Waals surface area contributed by atoms with Crippen LogP contribution < -0.4 is 5.73 Å². The summed E-state index contributed by atoms with van der Waals surface area (Å²) in [6.45, 7) is 1.08. The van der Waals surface area contributed by atoms with Crippen LogP contribution in [-0.2, 0) is 9.53 Å². The van der Waals surface area contributed by atoms with Gasteiger partial charge in [-0.3, -0.25) is 0 Å². The van der Waals surface area contributed by atoms with Crippen molar-refractivity contribution in [2.75, 3.05) is 6.61 Å². The molecule has 3 nitrogen and oxygen atoms in total. The molecule has 0 fully saturated rings. The third kappa shape index (κ3) is 2.72. The fraction of sp³-hybridized carbons (Fsp3) is 0.364. The molecular weight excluding hydrogens is 292 g/mol. The molecule has 0 aromatic heterocycles. The molecular formula is C11H9F6NO2. The van der Waals surface area contributed by atoms with Crippen LogP contribution in [0.4, 0.5) is 26.3 Å². The maximum Gasteiger partial charge on any atom is 0.342 e. The molecule has 0 aliphatic rings. The van der Waals surface area contributed by atoms with Crippen LogP contribution >= 0.6 is 0 Å². The third-order valence-electron chi connectivity index (χ3n) is 2.40. The molecule has 2 atom stereocenters. The molecule has 1 aromatic rings. The van der Waals surface area contributed by atoms with Crippen molar-refractivity contribution in [3.63, 3.8) is 0 Å². The van der Waals surface area contributed by atoms with Crippen molar-refractivity contribution >= 4 is 5.97 Å². The van der Waals surface area contributed by atoms with Crippen LogP contribution in [0.1, 0.15) is 18.5 Å². The van der Waals surface area contributed by atoms with E-state index in [2.05, 4.69) is 4.74 Å². The average Bonchev–Trinajstić information content (AvgIpc) is 2.42. The molecule has 2 N–H and O–H groups in total. The zero-order valence-corrected chi connectivity index (χ0v) is 10.0. The lowest BCUT2D eigenvalue weighted by Crippen LogP contribution is -2.33. The third-order valence-corrected chi connectivity index (χ3v) is 2.40. The summed E-state index contributed by atoms with van der Waals surface area (Å²) in [5.41, 5.74) is 3.44. The zero-order valence-electron chi connectivity index (χ0n) is 10.0. The Labute approximate surface area is 109 Å². The van der Waals surface area contributed by atoms with Crippen LogP contribution in [0.15, 0.2) is 0 Å². The monoisotopic (exact) mass is 301 g/mol. The van der Waals surface area contributed by atoms with Crippen molar-refractivity contribution in [2.24, 2.45) is 5.73 Å². The number of carbonyl (C=O) groups is 1. The Morgan fingerprint density at radius 1 is 1.05 bits per heavy atom. The summed E-state index contributed by atoms with van der Waals surface area (Å²) in [7, 11) is 0. The largest absolute Gasteiger partial charge is 0.464 e. The Balaban J connectivity index is 3.30. The van der Waals surface area contributed by atoms with Crippen molar-refractivity contribution < 1.29 is 35.9 Å². The number of hydrogen-bond donors (Lipinski definition) is 1. The van der Waals surface area contributed by atoms with Crippen LogP contribution in [0, 0.1) is 29.1 Å². The number of nitrogens with two attached hydrogens (primary N) is 1. The van der Waals surface area contributed by atoms with Gasteiger partial charge < -0.3 is 10.5 Å². The maximum atomic E-state index is 13.5. The van der Waals surface area contributed by atoms with Gasteiger partial charge in [0.05, 0.1) is 18.2 Å². The van der Waals surface area contributed by atoms with Gasteiger partial charge in [-0.05, 0) is 6.92 Å². The minimum absolute atomic E-state index is 0.247. The normalized spacial score (nSPS) is 14.0. The lowest BCUT2D eigenvalue weighted by molar-refractivity contribution is -0.150. The smallest absolute Gasteiger partial charge is 0.342 e. The summed E-state index contributed by atoms with van der Waals surface area (Å²) in [5.74, 6) is -13.1. The molecule has 0 bridgehead atoms. The van der Waals surface area contributed by atoms with E-state index in [0.717, 1.165) is 0 Å². The van der Waals surface area contributed by atoms with Crippen molar-refractivity contribution in [1.29, 1.82) is 0 Å². The highest BCUT2D eigenvalue weighted by Crippen LogP contribution is 2.29. The Kier molecular flexibility index (Phi) is 4.98. The number of alkyl halides is 1. The highest BCUT2D eigenvalue weighted by molar-refractivity contribution is 5.75. The Bertz CT molecular complexity index is 507. The van der Waals surface area contributed by atoms with Gasteiger partial charge in [0, 0.05) is 0 Å². The van der Waals surface area contributed by atoms with Crippen LogP contribution in [0.3, 0.4) is 0 Å². The first-order chi connectivity index (χ1) is 9.23. The molecule has 0 spiro atoms. The first-order valence-corrected chi connectivity index (χ1v) is 5.31. The van der Waals surface area contributed by atoms with Crippen LogP contribution in [0.25, 0.3) is 0 Å². The molecule has 0 saturated heterocycles. The van der Waals surface area contributed by atoms with Crippen molar-refractivity contribution in [3.8, 4) is 0 Å². The molecule has 0 heterocycles. The van der Waals surface area contributed by atoms with Crippen molar-refractivity contribution in [1.82, 2.24) is 0 Å². The highest BCUT2D eigenvalue weighted by atomic mass is 19.2. The van der Waals surface area contributed by atoms with Gasteiger partial charge in [-0.25, -0.2) is 31.1 Å². The number of carbonyl (C=O) groups excluding carboxylic acids is 1. The lowest BCUT2D eigenvalue weighted by atomic mass is 10.0. The van der Waals surface area contributed by atoms with Gasteiger partial charge in [0.15, 0.2) is 23.3 Å². The summed E-state index contributed by atoms with van der Waals surface area (Å²) in [4.78, 5) is 11.0. The predicted octanol–water partition coefficient (Wildman–Crippen LogP) is 2.28. The number of hydrogen-bond acceptors (Lipinski definition) is 3. The maximum absolute atomic E-state index is 13.5. The second-order valence-electron chi connectivity index (χ2n) is 3.66. The van der Waals surface area contributed by atoms with Gasteiger partial charge in [0.2, 0.25) is 12.0 Å². The summed E-state index contributed by atoms with van der Waals surface area (Å²) in [5, 5.41) is 0. The van der Waals surface area contributed by atoms with E-state index in [1.165, 1.54) is 6.92 Å². The quantitative estimate of drug-likeness (QED) is 0.402. The minimum Gasteiger partial charge on any atom is -0.464 e. The Morgan fingerprint density at radius 3 is 1.85 bits per heavy atom. The highest BCUT2D eigenvalue weighted by Gasteiger charge is 2.36. The van der Waals surface area contributed by atoms with Crippen LogP contribution in [-0.4, -0.2) is 18.7 Å². The SMILES string of the molecule is CCOC(=O)C(F)[C@H](N)c1c(F)c(F)c(F)c(F)c1F. The standard InChI is InChI=1S/C11H9F6NO2/c1-2-20-11(19)9(17)10(18)3-4(12)6(14)8(16)7(15)5(3)13/h9-10H,2,18H2,1H3/t9?,10-/m1/s1. The molecule has 1 unspecified atom stereocenters. The number of ether oxygens (including phenoxy) is 1. The van der Waals surface area contributed by atoms with E-state index >= 15 is 0 Å². The fourth-order valence-corrected chi connectivity index (χ4v) is 1.43. The van der Waals surface area contributed by atoms with Gasteiger partial charge in [-0.1, -0.05) is 0 Å². The number of halogens is 6. The second-order valence-corrected chi connectivity index (χ2v) is 3.66. The Hall–Kier alpha value is -1.77. The average molecular weight is 301 g/mol. The van der Waals surface area contributed by atoms with Gasteiger partial charge in [0.1, 0.15) is 0 Å². The second kappa shape index (κ2) is 6.12. The molecule has 1 aromatic carbocycles. The van der Waals surface area contributed by atoms with E-state index in [4.69, 9.17) is 5.73 Å². The van der Waals surface area contributed by atoms with Crippen LogP contribution in [0.2, 0.25) is 0 Å². The van der Waals surface area contributed by atoms with E-state index in [1.807, 2.05) is 0 Å². The molecule has 1 rings (SSSR count). The van der Waals surface area contributed by atoms with Gasteiger partial charge in [-0.2, -0.15) is 0 Å². The first kappa shape index (κ1) is 16.3. The van der Waals surface area contributed by atoms with E-state index in [9.17, 15) is 31.1 Å². The topological polar surface area (TPSA) is 52.3 Å². The molecule has 112 valence electrons. The van der Waals surface area contributed by atoms with Gasteiger partial charge in [0.25, 0.3) is 0 Å². The Morgan fingerprint density at radius 2 is 1.45 bits per heavy atom. The van der Waals surface area contributed by atoms with E-state index in [1.54, 1.807) is 0 Å². The minimum atomic E-state index is -2.77. The van der Waals surface area contributed by atoms with E-state index < -0.39 is 52.8 Å². The number of benzene rings is 1.